The second-order valence-corrected chi connectivity index (χ2v) is 9.02. The Bertz CT molecular complexity index is 900. The van der Waals surface area contributed by atoms with Crippen molar-refractivity contribution >= 4 is 41.2 Å². The highest BCUT2D eigenvalue weighted by atomic mass is 35.5. The van der Waals surface area contributed by atoms with Gasteiger partial charge in [-0.25, -0.2) is 9.59 Å². The Hall–Kier alpha value is -2.81. The molecular weight excluding hydrogens is 434 g/mol. The van der Waals surface area contributed by atoms with Crippen LogP contribution in [0.1, 0.15) is 38.5 Å². The third kappa shape index (κ3) is 4.67. The van der Waals surface area contributed by atoms with Crippen LogP contribution < -0.4 is 10.6 Å². The van der Waals surface area contributed by atoms with Crippen molar-refractivity contribution in [2.45, 2.75) is 44.1 Å². The van der Waals surface area contributed by atoms with Crippen LogP contribution in [0.25, 0.3) is 0 Å². The highest BCUT2D eigenvalue weighted by Crippen LogP contribution is 2.35. The van der Waals surface area contributed by atoms with Crippen molar-refractivity contribution in [3.63, 3.8) is 0 Å². The van der Waals surface area contributed by atoms with Gasteiger partial charge in [0, 0.05) is 49.9 Å². The second-order valence-electron chi connectivity index (χ2n) is 8.58. The fourth-order valence-corrected chi connectivity index (χ4v) is 4.79. The number of rotatable bonds is 4. The number of hydrogen-bond acceptors (Lipinski definition) is 4. The van der Waals surface area contributed by atoms with E-state index in [4.69, 9.17) is 11.6 Å². The highest BCUT2D eigenvalue weighted by molar-refractivity contribution is 6.30. The third-order valence-electron chi connectivity index (χ3n) is 6.48. The zero-order valence-corrected chi connectivity index (χ0v) is 18.7. The Balaban J connectivity index is 1.26. The van der Waals surface area contributed by atoms with Gasteiger partial charge in [-0.05, 0) is 43.5 Å². The summed E-state index contributed by atoms with van der Waals surface area (Å²) in [6.07, 6.45) is 3.94. The molecule has 2 saturated heterocycles. The molecule has 2 aliphatic heterocycles. The van der Waals surface area contributed by atoms with Gasteiger partial charge in [-0.3, -0.25) is 14.5 Å². The molecule has 172 valence electrons. The molecule has 1 aliphatic carbocycles. The Labute approximate surface area is 192 Å². The number of nitrogens with zero attached hydrogens (tertiary/aromatic N) is 3. The lowest BCUT2D eigenvalue weighted by atomic mass is 9.98. The topological polar surface area (TPSA) is 102 Å². The number of nitrogens with one attached hydrogen (secondary N) is 2. The Morgan fingerprint density at radius 2 is 1.62 bits per heavy atom. The fourth-order valence-electron chi connectivity index (χ4n) is 4.67. The van der Waals surface area contributed by atoms with Crippen molar-refractivity contribution in [1.29, 1.82) is 0 Å². The SMILES string of the molecule is O=C(CCN1C(=O)NC2(CCCC2)C1=O)N1CCCN(C(=O)Nc2ccc(Cl)cc2)CC1. The standard InChI is InChI=1S/C22H28ClN5O4/c23-16-4-6-17(7-5-16)24-20(31)27-12-3-11-26(14-15-27)18(29)8-13-28-19(30)22(25-21(28)32)9-1-2-10-22/h4-7H,1-3,8-15H2,(H,24,31)(H,25,32). The number of benzene rings is 1. The number of hydrogen-bond donors (Lipinski definition) is 2. The van der Waals surface area contributed by atoms with Gasteiger partial charge < -0.3 is 20.4 Å². The monoisotopic (exact) mass is 461 g/mol. The van der Waals surface area contributed by atoms with E-state index in [9.17, 15) is 19.2 Å². The Morgan fingerprint density at radius 3 is 2.34 bits per heavy atom. The fraction of sp³-hybridized carbons (Fsp3) is 0.545. The van der Waals surface area contributed by atoms with E-state index in [2.05, 4.69) is 10.6 Å². The molecular formula is C22H28ClN5O4. The molecule has 1 aromatic carbocycles. The van der Waals surface area contributed by atoms with Crippen molar-refractivity contribution in [2.75, 3.05) is 38.0 Å². The first kappa shape index (κ1) is 22.4. The van der Waals surface area contributed by atoms with Crippen LogP contribution in [-0.2, 0) is 9.59 Å². The number of imide groups is 1. The molecule has 3 fully saturated rings. The molecule has 1 spiro atoms. The number of anilines is 1. The normalized spacial score (nSPS) is 20.5. The van der Waals surface area contributed by atoms with Crippen LogP contribution in [0.5, 0.6) is 0 Å². The van der Waals surface area contributed by atoms with E-state index in [1.54, 1.807) is 34.1 Å². The van der Waals surface area contributed by atoms with Gasteiger partial charge in [0.2, 0.25) is 5.91 Å². The van der Waals surface area contributed by atoms with Crippen molar-refractivity contribution in [2.24, 2.45) is 0 Å². The molecule has 9 nitrogen and oxygen atoms in total. The van der Waals surface area contributed by atoms with Gasteiger partial charge in [-0.15, -0.1) is 0 Å². The Kier molecular flexibility index (Phi) is 6.55. The van der Waals surface area contributed by atoms with Crippen LogP contribution >= 0.6 is 11.6 Å². The van der Waals surface area contributed by atoms with E-state index in [1.165, 1.54) is 4.90 Å². The highest BCUT2D eigenvalue weighted by Gasteiger charge is 2.52. The number of urea groups is 2. The zero-order valence-electron chi connectivity index (χ0n) is 17.9. The number of amides is 6. The minimum atomic E-state index is -0.749. The third-order valence-corrected chi connectivity index (χ3v) is 6.74. The molecule has 0 unspecified atom stereocenters. The summed E-state index contributed by atoms with van der Waals surface area (Å²) in [6, 6.07) is 6.27. The van der Waals surface area contributed by atoms with Gasteiger partial charge in [0.1, 0.15) is 5.54 Å². The minimum absolute atomic E-state index is 0.0858. The van der Waals surface area contributed by atoms with Crippen molar-refractivity contribution in [3.05, 3.63) is 29.3 Å². The first-order valence-corrected chi connectivity index (χ1v) is 11.5. The maximum absolute atomic E-state index is 12.8. The predicted molar refractivity (Wildman–Crippen MR) is 119 cm³/mol. The lowest BCUT2D eigenvalue weighted by molar-refractivity contribution is -0.133. The average molecular weight is 462 g/mol. The van der Waals surface area contributed by atoms with Crippen LogP contribution in [0, 0.1) is 0 Å². The van der Waals surface area contributed by atoms with Crippen molar-refractivity contribution < 1.29 is 19.2 Å². The van der Waals surface area contributed by atoms with Crippen LogP contribution in [0.15, 0.2) is 24.3 Å². The van der Waals surface area contributed by atoms with E-state index in [0.29, 0.717) is 56.2 Å². The van der Waals surface area contributed by atoms with Crippen molar-refractivity contribution in [3.8, 4) is 0 Å². The quantitative estimate of drug-likeness (QED) is 0.673. The molecule has 1 aromatic rings. The second kappa shape index (κ2) is 9.36. The zero-order chi connectivity index (χ0) is 22.7. The predicted octanol–water partition coefficient (Wildman–Crippen LogP) is 2.66. The molecule has 2 N–H and O–H groups in total. The summed E-state index contributed by atoms with van der Waals surface area (Å²) in [6.45, 7) is 1.99. The summed E-state index contributed by atoms with van der Waals surface area (Å²) < 4.78 is 0. The smallest absolute Gasteiger partial charge is 0.325 e. The van der Waals surface area contributed by atoms with Crippen LogP contribution in [0.2, 0.25) is 5.02 Å². The molecule has 0 bridgehead atoms. The molecule has 0 aromatic heterocycles. The van der Waals surface area contributed by atoms with Gasteiger partial charge in [0.25, 0.3) is 5.91 Å². The summed E-state index contributed by atoms with van der Waals surface area (Å²) in [5, 5.41) is 6.28. The molecule has 6 amide bonds. The largest absolute Gasteiger partial charge is 0.341 e. The van der Waals surface area contributed by atoms with Crippen molar-refractivity contribution in [1.82, 2.24) is 20.0 Å². The molecule has 0 atom stereocenters. The maximum atomic E-state index is 12.8. The number of carbonyl (C=O) groups is 4. The van der Waals surface area contributed by atoms with Crippen LogP contribution in [-0.4, -0.2) is 76.8 Å². The van der Waals surface area contributed by atoms with Gasteiger partial charge in [0.15, 0.2) is 0 Å². The number of carbonyl (C=O) groups excluding carboxylic acids is 4. The summed E-state index contributed by atoms with van der Waals surface area (Å²) in [5.41, 5.74) is -0.0918. The van der Waals surface area contributed by atoms with Gasteiger partial charge in [0.05, 0.1) is 0 Å². The molecule has 32 heavy (non-hydrogen) atoms. The van der Waals surface area contributed by atoms with Crippen LogP contribution in [0.4, 0.5) is 15.3 Å². The van der Waals surface area contributed by atoms with E-state index >= 15 is 0 Å². The van der Waals surface area contributed by atoms with E-state index in [1.807, 2.05) is 0 Å². The summed E-state index contributed by atoms with van der Waals surface area (Å²) in [7, 11) is 0. The van der Waals surface area contributed by atoms with E-state index < -0.39 is 11.6 Å². The Morgan fingerprint density at radius 1 is 0.969 bits per heavy atom. The molecule has 3 aliphatic rings. The molecule has 4 rings (SSSR count). The van der Waals surface area contributed by atoms with E-state index in [-0.39, 0.29) is 30.8 Å². The maximum Gasteiger partial charge on any atom is 0.325 e. The summed E-state index contributed by atoms with van der Waals surface area (Å²) >= 11 is 5.87. The molecule has 0 radical (unpaired) electrons. The lowest BCUT2D eigenvalue weighted by Crippen LogP contribution is -2.44. The van der Waals surface area contributed by atoms with Gasteiger partial charge in [-0.1, -0.05) is 24.4 Å². The minimum Gasteiger partial charge on any atom is -0.341 e. The summed E-state index contributed by atoms with van der Waals surface area (Å²) in [5.74, 6) is -0.313. The summed E-state index contributed by atoms with van der Waals surface area (Å²) in [4.78, 5) is 54.9. The average Bonchev–Trinajstić information content (AvgIpc) is 3.22. The first-order chi connectivity index (χ1) is 15.4. The molecule has 1 saturated carbocycles. The molecule has 2 heterocycles. The number of halogens is 1. The van der Waals surface area contributed by atoms with E-state index in [0.717, 1.165) is 12.8 Å². The lowest BCUT2D eigenvalue weighted by Gasteiger charge is -2.23. The molecule has 10 heteroatoms. The van der Waals surface area contributed by atoms with Gasteiger partial charge in [-0.2, -0.15) is 0 Å². The first-order valence-electron chi connectivity index (χ1n) is 11.1. The van der Waals surface area contributed by atoms with Gasteiger partial charge >= 0.3 is 12.1 Å². The van der Waals surface area contributed by atoms with Crippen LogP contribution in [0.3, 0.4) is 0 Å².